The molecule has 3 N–H and O–H groups in total. The Balaban J connectivity index is 1.58. The zero-order valence-corrected chi connectivity index (χ0v) is 18.6. The molecule has 0 bridgehead atoms. The van der Waals surface area contributed by atoms with E-state index in [9.17, 15) is 27.6 Å². The van der Waals surface area contributed by atoms with E-state index < -0.39 is 49.5 Å². The Morgan fingerprint density at radius 3 is 2.66 bits per heavy atom. The number of benzene rings is 2. The van der Waals surface area contributed by atoms with Crippen LogP contribution in [0.5, 0.6) is 0 Å². The van der Waals surface area contributed by atoms with Gasteiger partial charge >= 0.3 is 12.1 Å². The zero-order chi connectivity index (χ0) is 25.3. The number of anilines is 1. The number of rotatable bonds is 6. The van der Waals surface area contributed by atoms with Gasteiger partial charge in [0.25, 0.3) is 5.91 Å². The molecule has 0 saturated carbocycles. The number of H-pyrrole nitrogens is 1. The lowest BCUT2D eigenvalue weighted by Crippen LogP contribution is -2.45. The van der Waals surface area contributed by atoms with Gasteiger partial charge in [-0.15, -0.1) is 0 Å². The minimum Gasteiger partial charge on any atom is -0.481 e. The van der Waals surface area contributed by atoms with Crippen molar-refractivity contribution in [2.75, 3.05) is 18.9 Å². The van der Waals surface area contributed by atoms with Gasteiger partial charge in [-0.1, -0.05) is 12.1 Å². The number of aliphatic carboxylic acids is 1. The molecular weight excluding hydrogens is 467 g/mol. The number of carbonyl (C=O) groups is 3. The molecular formula is C23H22F3N5O4. The Hall–Kier alpha value is -4.09. The number of nitrogens with zero attached hydrogens (tertiary/aromatic N) is 3. The van der Waals surface area contributed by atoms with Crippen LogP contribution >= 0.6 is 0 Å². The molecule has 0 fully saturated rings. The van der Waals surface area contributed by atoms with Crippen molar-refractivity contribution in [2.24, 2.45) is 0 Å². The van der Waals surface area contributed by atoms with Crippen LogP contribution in [0.4, 0.5) is 18.9 Å². The first-order chi connectivity index (χ1) is 16.5. The summed E-state index contributed by atoms with van der Waals surface area (Å²) in [4.78, 5) is 46.4. The maximum Gasteiger partial charge on any atom is 0.406 e. The lowest BCUT2D eigenvalue weighted by molar-refractivity contribution is -0.163. The van der Waals surface area contributed by atoms with Gasteiger partial charge in [-0.3, -0.25) is 14.4 Å². The number of fused-ring (bicyclic) bond motifs is 2. The second-order valence-electron chi connectivity index (χ2n) is 8.34. The lowest BCUT2D eigenvalue weighted by Gasteiger charge is -2.24. The third-order valence-corrected chi connectivity index (χ3v) is 5.57. The van der Waals surface area contributed by atoms with Crippen molar-refractivity contribution in [2.45, 2.75) is 31.7 Å². The number of aromatic amines is 1. The lowest BCUT2D eigenvalue weighted by atomic mass is 10.1. The molecule has 1 unspecified atom stereocenters. The second kappa shape index (κ2) is 9.28. The predicted molar refractivity (Wildman–Crippen MR) is 119 cm³/mol. The van der Waals surface area contributed by atoms with E-state index in [-0.39, 0.29) is 17.7 Å². The van der Waals surface area contributed by atoms with Crippen molar-refractivity contribution < 1.29 is 32.7 Å². The summed E-state index contributed by atoms with van der Waals surface area (Å²) in [6.07, 6.45) is -5.36. The van der Waals surface area contributed by atoms with E-state index in [1.165, 1.54) is 23.1 Å². The molecule has 1 aromatic heterocycles. The highest BCUT2D eigenvalue weighted by Gasteiger charge is 2.38. The number of carboxylic acids is 1. The van der Waals surface area contributed by atoms with E-state index in [0.29, 0.717) is 16.4 Å². The van der Waals surface area contributed by atoms with Crippen molar-refractivity contribution in [3.05, 3.63) is 59.4 Å². The number of carboxylic acid groups (broad SMARTS) is 1. The Kier molecular flexibility index (Phi) is 6.37. The molecule has 2 aromatic carbocycles. The first-order valence-corrected chi connectivity index (χ1v) is 10.7. The fourth-order valence-corrected chi connectivity index (χ4v) is 4.01. The molecule has 2 amide bonds. The number of alkyl halides is 3. The smallest absolute Gasteiger partial charge is 0.406 e. The van der Waals surface area contributed by atoms with Gasteiger partial charge < -0.3 is 25.2 Å². The first-order valence-electron chi connectivity index (χ1n) is 10.7. The normalized spacial score (nSPS) is 15.9. The van der Waals surface area contributed by atoms with E-state index in [4.69, 9.17) is 5.11 Å². The molecule has 1 atom stereocenters. The van der Waals surface area contributed by atoms with E-state index in [0.717, 1.165) is 11.0 Å². The Labute approximate surface area is 197 Å². The summed E-state index contributed by atoms with van der Waals surface area (Å²) in [6.45, 7) is -1.79. The average Bonchev–Trinajstić information content (AvgIpc) is 3.14. The molecule has 0 saturated heterocycles. The highest BCUT2D eigenvalue weighted by molar-refractivity contribution is 5.95. The fourth-order valence-electron chi connectivity index (χ4n) is 4.01. The quantitative estimate of drug-likeness (QED) is 0.490. The van der Waals surface area contributed by atoms with Crippen LogP contribution in [0.2, 0.25) is 0 Å². The van der Waals surface area contributed by atoms with Crippen LogP contribution in [0.1, 0.15) is 28.2 Å². The van der Waals surface area contributed by atoms with Crippen LogP contribution in [0, 0.1) is 0 Å². The molecule has 0 aliphatic carbocycles. The molecule has 2 heterocycles. The van der Waals surface area contributed by atoms with Crippen LogP contribution < -0.4 is 5.32 Å². The third-order valence-electron chi connectivity index (χ3n) is 5.57. The number of hydrogen-bond donors (Lipinski definition) is 3. The van der Waals surface area contributed by atoms with Crippen LogP contribution in [0.3, 0.4) is 0 Å². The summed E-state index contributed by atoms with van der Waals surface area (Å²) < 4.78 is 39.3. The molecule has 1 aliphatic rings. The van der Waals surface area contributed by atoms with Crippen LogP contribution in [-0.4, -0.2) is 68.5 Å². The van der Waals surface area contributed by atoms with Crippen LogP contribution in [0.25, 0.3) is 11.0 Å². The molecule has 12 heteroatoms. The molecule has 35 heavy (non-hydrogen) atoms. The van der Waals surface area contributed by atoms with Crippen LogP contribution in [0.15, 0.2) is 42.5 Å². The van der Waals surface area contributed by atoms with E-state index in [2.05, 4.69) is 15.3 Å². The fraction of sp³-hybridized carbons (Fsp3) is 0.304. The highest BCUT2D eigenvalue weighted by atomic mass is 19.4. The van der Waals surface area contributed by atoms with Gasteiger partial charge in [0.15, 0.2) is 0 Å². The summed E-state index contributed by atoms with van der Waals surface area (Å²) in [5, 5.41) is 11.8. The topological polar surface area (TPSA) is 119 Å². The standard InChI is InChI=1S/C23H22F3N5O4/c1-30(11-19-28-16-4-2-3-5-17(16)29-19)21(34)13-6-7-15-14(8-13)10-31(12-23(24,25)26)22(35)18(27-15)9-20(32)33/h2-8,18,27H,9-12H2,1H3,(H,28,29)(H,32,33). The molecule has 1 aliphatic heterocycles. The van der Waals surface area contributed by atoms with Gasteiger partial charge in [0, 0.05) is 24.8 Å². The number of nitrogens with one attached hydrogen (secondary N) is 2. The molecule has 3 aromatic rings. The largest absolute Gasteiger partial charge is 0.481 e. The van der Waals surface area contributed by atoms with E-state index in [1.807, 2.05) is 24.3 Å². The van der Waals surface area contributed by atoms with Crippen molar-refractivity contribution >= 4 is 34.5 Å². The monoisotopic (exact) mass is 489 g/mol. The van der Waals surface area contributed by atoms with Crippen molar-refractivity contribution in [3.8, 4) is 0 Å². The molecule has 0 spiro atoms. The minimum absolute atomic E-state index is 0.169. The summed E-state index contributed by atoms with van der Waals surface area (Å²) in [7, 11) is 1.57. The van der Waals surface area contributed by atoms with Crippen LogP contribution in [-0.2, 0) is 22.7 Å². The van der Waals surface area contributed by atoms with Crippen molar-refractivity contribution in [1.29, 1.82) is 0 Å². The number of para-hydroxylation sites is 2. The Morgan fingerprint density at radius 2 is 1.97 bits per heavy atom. The highest BCUT2D eigenvalue weighted by Crippen LogP contribution is 2.28. The number of aromatic nitrogens is 2. The predicted octanol–water partition coefficient (Wildman–Crippen LogP) is 2.99. The molecule has 184 valence electrons. The Bertz CT molecular complexity index is 1260. The number of imidazole rings is 1. The van der Waals surface area contributed by atoms with Crippen molar-refractivity contribution in [1.82, 2.24) is 19.8 Å². The number of carbonyl (C=O) groups excluding carboxylic acids is 2. The number of amides is 2. The third kappa shape index (κ3) is 5.53. The summed E-state index contributed by atoms with van der Waals surface area (Å²) in [5.74, 6) is -2.13. The number of hydrogen-bond acceptors (Lipinski definition) is 5. The van der Waals surface area contributed by atoms with E-state index in [1.54, 1.807) is 7.05 Å². The van der Waals surface area contributed by atoms with Gasteiger partial charge in [0.2, 0.25) is 5.91 Å². The van der Waals surface area contributed by atoms with E-state index >= 15 is 0 Å². The maximum absolute atomic E-state index is 13.1. The summed E-state index contributed by atoms with van der Waals surface area (Å²) in [5.41, 5.74) is 2.36. The molecule has 0 radical (unpaired) electrons. The summed E-state index contributed by atoms with van der Waals surface area (Å²) in [6, 6.07) is 10.4. The summed E-state index contributed by atoms with van der Waals surface area (Å²) >= 11 is 0. The molecule has 9 nitrogen and oxygen atoms in total. The Morgan fingerprint density at radius 1 is 1.23 bits per heavy atom. The zero-order valence-electron chi connectivity index (χ0n) is 18.6. The molecule has 4 rings (SSSR count). The second-order valence-corrected chi connectivity index (χ2v) is 8.34. The first kappa shape index (κ1) is 24.0. The SMILES string of the molecule is CN(Cc1nc2ccccc2[nH]1)C(=O)c1ccc2c(c1)CN(CC(F)(F)F)C(=O)C(CC(=O)O)N2. The number of halogens is 3. The maximum atomic E-state index is 13.1. The van der Waals surface area contributed by atoms with Gasteiger partial charge in [-0.2, -0.15) is 13.2 Å². The van der Waals surface area contributed by atoms with Gasteiger partial charge in [-0.25, -0.2) is 4.98 Å². The average molecular weight is 489 g/mol. The minimum atomic E-state index is -4.67. The van der Waals surface area contributed by atoms with Gasteiger partial charge in [-0.05, 0) is 35.9 Å². The van der Waals surface area contributed by atoms with Gasteiger partial charge in [0.1, 0.15) is 18.4 Å². The van der Waals surface area contributed by atoms with Gasteiger partial charge in [0.05, 0.1) is 24.0 Å². The van der Waals surface area contributed by atoms with Crippen molar-refractivity contribution in [3.63, 3.8) is 0 Å².